The summed E-state index contributed by atoms with van der Waals surface area (Å²) in [6.07, 6.45) is 1.21. The van der Waals surface area contributed by atoms with E-state index in [2.05, 4.69) is 0 Å². The van der Waals surface area contributed by atoms with Crippen LogP contribution in [0, 0.1) is 0 Å². The Labute approximate surface area is 154 Å². The van der Waals surface area contributed by atoms with Crippen molar-refractivity contribution in [1.29, 1.82) is 0 Å². The first-order valence-corrected chi connectivity index (χ1v) is 9.10. The lowest BCUT2D eigenvalue weighted by atomic mass is 10.2. The van der Waals surface area contributed by atoms with Crippen molar-refractivity contribution in [2.45, 2.75) is 77.2 Å². The Morgan fingerprint density at radius 3 is 1.50 bits per heavy atom. The molecule has 2 unspecified atom stereocenters. The lowest BCUT2D eigenvalue weighted by Gasteiger charge is -2.17. The van der Waals surface area contributed by atoms with E-state index in [-0.39, 0.29) is 50.2 Å². The molecule has 0 aromatic carbocycles. The van der Waals surface area contributed by atoms with E-state index in [0.717, 1.165) is 0 Å². The average molecular weight is 374 g/mol. The van der Waals surface area contributed by atoms with Crippen molar-refractivity contribution in [2.75, 3.05) is 26.4 Å². The standard InChI is InChI=1S/C18H30O8/c1-17(2)23-11-13(25-17)9-21-15(19)7-5-6-8-16(20)22-10-14-12-24-18(3,4)26-14/h13-14H,5-12H2,1-4H3. The molecule has 2 heterocycles. The molecule has 0 bridgehead atoms. The highest BCUT2D eigenvalue weighted by atomic mass is 16.8. The molecular weight excluding hydrogens is 344 g/mol. The predicted octanol–water partition coefficient (Wildman–Crippen LogP) is 1.94. The molecule has 150 valence electrons. The molecule has 8 nitrogen and oxygen atoms in total. The van der Waals surface area contributed by atoms with Gasteiger partial charge in [0.05, 0.1) is 13.2 Å². The molecule has 2 aliphatic rings. The lowest BCUT2D eigenvalue weighted by molar-refractivity contribution is -0.159. The van der Waals surface area contributed by atoms with Gasteiger partial charge in [-0.2, -0.15) is 0 Å². The van der Waals surface area contributed by atoms with Crippen molar-refractivity contribution in [1.82, 2.24) is 0 Å². The Morgan fingerprint density at radius 1 is 0.808 bits per heavy atom. The van der Waals surface area contributed by atoms with Gasteiger partial charge in [0, 0.05) is 12.8 Å². The van der Waals surface area contributed by atoms with E-state index < -0.39 is 11.6 Å². The topological polar surface area (TPSA) is 89.5 Å². The lowest BCUT2D eigenvalue weighted by Crippen LogP contribution is -2.25. The second-order valence-corrected chi connectivity index (χ2v) is 7.47. The monoisotopic (exact) mass is 374 g/mol. The van der Waals surface area contributed by atoms with Crippen LogP contribution in [0.15, 0.2) is 0 Å². The molecule has 0 aromatic heterocycles. The number of esters is 2. The molecule has 0 radical (unpaired) electrons. The minimum atomic E-state index is -0.622. The molecule has 2 saturated heterocycles. The molecule has 2 aliphatic heterocycles. The fourth-order valence-corrected chi connectivity index (χ4v) is 2.75. The minimum absolute atomic E-state index is 0.185. The summed E-state index contributed by atoms with van der Waals surface area (Å²) in [4.78, 5) is 23.4. The zero-order valence-electron chi connectivity index (χ0n) is 16.1. The number of hydrogen-bond acceptors (Lipinski definition) is 8. The second kappa shape index (κ2) is 9.12. The van der Waals surface area contributed by atoms with Gasteiger partial charge in [-0.3, -0.25) is 9.59 Å². The summed E-state index contributed by atoms with van der Waals surface area (Å²) in [6, 6.07) is 0. The predicted molar refractivity (Wildman–Crippen MR) is 90.2 cm³/mol. The molecule has 2 rings (SSSR count). The molecule has 0 N–H and O–H groups in total. The van der Waals surface area contributed by atoms with Crippen molar-refractivity contribution in [3.05, 3.63) is 0 Å². The van der Waals surface area contributed by atoms with Gasteiger partial charge in [-0.05, 0) is 40.5 Å². The van der Waals surface area contributed by atoms with E-state index in [1.54, 1.807) is 0 Å². The maximum atomic E-state index is 11.7. The first-order valence-electron chi connectivity index (χ1n) is 9.10. The average Bonchev–Trinajstić information content (AvgIpc) is 3.08. The van der Waals surface area contributed by atoms with Crippen LogP contribution in [0.5, 0.6) is 0 Å². The van der Waals surface area contributed by atoms with E-state index in [1.165, 1.54) is 0 Å². The Morgan fingerprint density at radius 2 is 1.19 bits per heavy atom. The number of carbonyl (C=O) groups excluding carboxylic acids is 2. The molecule has 0 amide bonds. The van der Waals surface area contributed by atoms with Gasteiger partial charge in [0.25, 0.3) is 0 Å². The molecule has 2 atom stereocenters. The molecule has 2 fully saturated rings. The van der Waals surface area contributed by atoms with Crippen molar-refractivity contribution in [3.8, 4) is 0 Å². The Bertz CT molecular complexity index is 444. The van der Waals surface area contributed by atoms with Crippen LogP contribution in [0.2, 0.25) is 0 Å². The quantitative estimate of drug-likeness (QED) is 0.447. The smallest absolute Gasteiger partial charge is 0.305 e. The third-order valence-electron chi connectivity index (χ3n) is 4.01. The summed E-state index contributed by atoms with van der Waals surface area (Å²) in [5.74, 6) is -1.85. The normalized spacial score (nSPS) is 26.6. The number of unbranched alkanes of at least 4 members (excludes halogenated alkanes) is 1. The third-order valence-corrected chi connectivity index (χ3v) is 4.01. The molecule has 8 heteroatoms. The first kappa shape index (κ1) is 21.1. The van der Waals surface area contributed by atoms with Gasteiger partial charge in [-0.25, -0.2) is 0 Å². The zero-order chi connectivity index (χ0) is 19.2. The van der Waals surface area contributed by atoms with Crippen molar-refractivity contribution in [2.24, 2.45) is 0 Å². The largest absolute Gasteiger partial charge is 0.463 e. The van der Waals surface area contributed by atoms with Gasteiger partial charge in [0.15, 0.2) is 11.6 Å². The SMILES string of the molecule is CC1(C)OCC(COC(=O)CCCCC(=O)OCC2COC(C)(C)O2)O1. The van der Waals surface area contributed by atoms with Crippen LogP contribution in [0.3, 0.4) is 0 Å². The van der Waals surface area contributed by atoms with Gasteiger partial charge in [0.1, 0.15) is 25.4 Å². The Kier molecular flexibility index (Phi) is 7.40. The van der Waals surface area contributed by atoms with Crippen molar-refractivity contribution >= 4 is 11.9 Å². The first-order chi connectivity index (χ1) is 12.2. The van der Waals surface area contributed by atoms with Gasteiger partial charge in [-0.15, -0.1) is 0 Å². The van der Waals surface area contributed by atoms with Gasteiger partial charge in [0.2, 0.25) is 0 Å². The number of rotatable bonds is 9. The minimum Gasteiger partial charge on any atom is -0.463 e. The number of carbonyl (C=O) groups is 2. The van der Waals surface area contributed by atoms with E-state index in [1.807, 2.05) is 27.7 Å². The van der Waals surface area contributed by atoms with Crippen LogP contribution < -0.4 is 0 Å². The van der Waals surface area contributed by atoms with E-state index >= 15 is 0 Å². The van der Waals surface area contributed by atoms with Gasteiger partial charge < -0.3 is 28.4 Å². The van der Waals surface area contributed by atoms with Crippen LogP contribution in [0.4, 0.5) is 0 Å². The fourth-order valence-electron chi connectivity index (χ4n) is 2.75. The molecule has 26 heavy (non-hydrogen) atoms. The summed E-state index contributed by atoms with van der Waals surface area (Å²) in [6.45, 7) is 8.48. The summed E-state index contributed by atoms with van der Waals surface area (Å²) in [5.41, 5.74) is 0. The fraction of sp³-hybridized carbons (Fsp3) is 0.889. The van der Waals surface area contributed by atoms with Crippen LogP contribution in [-0.2, 0) is 38.0 Å². The second-order valence-electron chi connectivity index (χ2n) is 7.47. The summed E-state index contributed by atoms with van der Waals surface area (Å²) in [5, 5.41) is 0. The number of hydrogen-bond donors (Lipinski definition) is 0. The van der Waals surface area contributed by atoms with E-state index in [9.17, 15) is 9.59 Å². The van der Waals surface area contributed by atoms with Crippen LogP contribution in [0.25, 0.3) is 0 Å². The van der Waals surface area contributed by atoms with Gasteiger partial charge >= 0.3 is 11.9 Å². The molecular formula is C18H30O8. The Hall–Kier alpha value is -1.22. The van der Waals surface area contributed by atoms with Crippen LogP contribution in [0.1, 0.15) is 53.4 Å². The van der Waals surface area contributed by atoms with Crippen LogP contribution in [-0.4, -0.2) is 62.1 Å². The van der Waals surface area contributed by atoms with Crippen LogP contribution >= 0.6 is 0 Å². The van der Waals surface area contributed by atoms with E-state index in [0.29, 0.717) is 26.1 Å². The van der Waals surface area contributed by atoms with Crippen molar-refractivity contribution in [3.63, 3.8) is 0 Å². The maximum absolute atomic E-state index is 11.7. The molecule has 0 aromatic rings. The highest BCUT2D eigenvalue weighted by Gasteiger charge is 2.34. The van der Waals surface area contributed by atoms with Crippen molar-refractivity contribution < 1.29 is 38.0 Å². The number of ether oxygens (including phenoxy) is 6. The van der Waals surface area contributed by atoms with E-state index in [4.69, 9.17) is 28.4 Å². The Balaban J connectivity index is 1.46. The highest BCUT2D eigenvalue weighted by molar-refractivity contribution is 5.70. The summed E-state index contributed by atoms with van der Waals surface area (Å²) in [7, 11) is 0. The summed E-state index contributed by atoms with van der Waals surface area (Å²) < 4.78 is 32.3. The summed E-state index contributed by atoms with van der Waals surface area (Å²) >= 11 is 0. The molecule has 0 aliphatic carbocycles. The third kappa shape index (κ3) is 7.57. The maximum Gasteiger partial charge on any atom is 0.305 e. The molecule has 0 saturated carbocycles. The van der Waals surface area contributed by atoms with Gasteiger partial charge in [-0.1, -0.05) is 0 Å². The molecule has 0 spiro atoms. The zero-order valence-corrected chi connectivity index (χ0v) is 16.1. The highest BCUT2D eigenvalue weighted by Crippen LogP contribution is 2.23.